The molecule has 2 aliphatic rings. The predicted octanol–water partition coefficient (Wildman–Crippen LogP) is 2.28. The number of carbonyl (C=O) groups is 1. The Labute approximate surface area is 160 Å². The van der Waals surface area contributed by atoms with Crippen LogP contribution in [-0.4, -0.2) is 49.7 Å². The smallest absolute Gasteiger partial charge is 0.321 e. The van der Waals surface area contributed by atoms with Crippen molar-refractivity contribution in [2.75, 3.05) is 30.0 Å². The summed E-state index contributed by atoms with van der Waals surface area (Å²) in [6.45, 7) is 2.78. The first-order valence-corrected chi connectivity index (χ1v) is 11.2. The number of nitrogens with one attached hydrogen (secondary N) is 2. The van der Waals surface area contributed by atoms with Crippen LogP contribution in [0.4, 0.5) is 9.93 Å². The van der Waals surface area contributed by atoms with Gasteiger partial charge in [-0.25, -0.2) is 18.2 Å². The van der Waals surface area contributed by atoms with Gasteiger partial charge in [0, 0.05) is 10.9 Å². The molecule has 1 saturated heterocycles. The minimum atomic E-state index is -3.09. The van der Waals surface area contributed by atoms with Crippen LogP contribution < -0.4 is 20.1 Å². The highest BCUT2D eigenvalue weighted by molar-refractivity contribution is 7.91. The molecular weight excluding hydrogens is 390 g/mol. The number of ether oxygens (including phenoxy) is 2. The number of benzene rings is 1. The van der Waals surface area contributed by atoms with Crippen molar-refractivity contribution in [1.82, 2.24) is 10.3 Å². The van der Waals surface area contributed by atoms with Crippen LogP contribution in [0.3, 0.4) is 0 Å². The highest BCUT2D eigenvalue weighted by atomic mass is 32.2. The van der Waals surface area contributed by atoms with Crippen LogP contribution in [0.1, 0.15) is 13.3 Å². The molecule has 0 spiro atoms. The summed E-state index contributed by atoms with van der Waals surface area (Å²) < 4.78 is 34.4. The quantitative estimate of drug-likeness (QED) is 0.806. The highest BCUT2D eigenvalue weighted by Gasteiger charge is 2.39. The maximum absolute atomic E-state index is 12.2. The Bertz CT molecular complexity index is 988. The standard InChI is InChI=1S/C17H19N3O5S2/c1-17(4-7-27(22,23)10-17)20-15(21)19-16-18-12(9-26-16)11-2-3-13-14(8-11)25-6-5-24-13/h2-3,8-9H,4-7,10H2,1H3,(H2,18,19,20,21)/t17-/m1/s1. The number of fused-ring (bicyclic) bond motifs is 1. The topological polar surface area (TPSA) is 107 Å². The number of amides is 2. The zero-order chi connectivity index (χ0) is 19.1. The van der Waals surface area contributed by atoms with Crippen molar-refractivity contribution in [3.05, 3.63) is 23.6 Å². The molecule has 3 heterocycles. The lowest BCUT2D eigenvalue weighted by Gasteiger charge is -2.23. The molecular formula is C17H19N3O5S2. The van der Waals surface area contributed by atoms with Gasteiger partial charge in [-0.1, -0.05) is 0 Å². The molecule has 0 radical (unpaired) electrons. The lowest BCUT2D eigenvalue weighted by atomic mass is 10.0. The van der Waals surface area contributed by atoms with E-state index in [1.807, 2.05) is 23.6 Å². The van der Waals surface area contributed by atoms with Gasteiger partial charge < -0.3 is 14.8 Å². The fourth-order valence-electron chi connectivity index (χ4n) is 3.18. The van der Waals surface area contributed by atoms with Gasteiger partial charge >= 0.3 is 6.03 Å². The molecule has 0 saturated carbocycles. The van der Waals surface area contributed by atoms with Crippen molar-refractivity contribution < 1.29 is 22.7 Å². The van der Waals surface area contributed by atoms with Gasteiger partial charge in [0.05, 0.1) is 22.7 Å². The summed E-state index contributed by atoms with van der Waals surface area (Å²) in [7, 11) is -3.09. The molecule has 1 aromatic heterocycles. The van der Waals surface area contributed by atoms with Gasteiger partial charge in [-0.05, 0) is 31.5 Å². The third-order valence-corrected chi connectivity index (χ3v) is 7.14. The number of anilines is 1. The molecule has 0 aliphatic carbocycles. The fourth-order valence-corrected chi connectivity index (χ4v) is 5.99. The second kappa shape index (κ2) is 6.68. The largest absolute Gasteiger partial charge is 0.486 e. The van der Waals surface area contributed by atoms with E-state index in [2.05, 4.69) is 15.6 Å². The summed E-state index contributed by atoms with van der Waals surface area (Å²) >= 11 is 1.29. The number of rotatable bonds is 3. The van der Waals surface area contributed by atoms with E-state index >= 15 is 0 Å². The second-order valence-corrected chi connectivity index (χ2v) is 9.92. The third-order valence-electron chi connectivity index (χ3n) is 4.48. The summed E-state index contributed by atoms with van der Waals surface area (Å²) in [4.78, 5) is 16.7. The van der Waals surface area contributed by atoms with Crippen LogP contribution in [0.15, 0.2) is 23.6 Å². The van der Waals surface area contributed by atoms with Crippen molar-refractivity contribution in [3.8, 4) is 22.8 Å². The summed E-state index contributed by atoms with van der Waals surface area (Å²) in [5, 5.41) is 7.70. The first kappa shape index (κ1) is 18.1. The van der Waals surface area contributed by atoms with Gasteiger partial charge in [0.2, 0.25) is 0 Å². The Morgan fingerprint density at radius 1 is 1.26 bits per heavy atom. The first-order chi connectivity index (χ1) is 12.8. The van der Waals surface area contributed by atoms with E-state index in [4.69, 9.17) is 9.47 Å². The van der Waals surface area contributed by atoms with Crippen LogP contribution >= 0.6 is 11.3 Å². The first-order valence-electron chi connectivity index (χ1n) is 8.47. The molecule has 0 unspecified atom stereocenters. The number of nitrogens with zero attached hydrogens (tertiary/aromatic N) is 1. The van der Waals surface area contributed by atoms with E-state index in [0.29, 0.717) is 42.0 Å². The van der Waals surface area contributed by atoms with Crippen molar-refractivity contribution >= 4 is 32.3 Å². The third kappa shape index (κ3) is 4.01. The molecule has 8 nitrogen and oxygen atoms in total. The van der Waals surface area contributed by atoms with Crippen LogP contribution in [0.5, 0.6) is 11.5 Å². The van der Waals surface area contributed by atoms with E-state index in [-0.39, 0.29) is 11.5 Å². The van der Waals surface area contributed by atoms with Gasteiger partial charge in [0.15, 0.2) is 26.5 Å². The normalized spacial score (nSPS) is 23.0. The maximum atomic E-state index is 12.2. The lowest BCUT2D eigenvalue weighted by Crippen LogP contribution is -2.48. The molecule has 0 bridgehead atoms. The number of thiazole rings is 1. The number of urea groups is 1. The van der Waals surface area contributed by atoms with E-state index in [1.54, 1.807) is 6.92 Å². The zero-order valence-electron chi connectivity index (χ0n) is 14.6. The van der Waals surface area contributed by atoms with E-state index in [0.717, 1.165) is 5.56 Å². The fraction of sp³-hybridized carbons (Fsp3) is 0.412. The molecule has 144 valence electrons. The minimum Gasteiger partial charge on any atom is -0.486 e. The van der Waals surface area contributed by atoms with E-state index < -0.39 is 21.4 Å². The molecule has 2 amide bonds. The molecule has 2 aliphatic heterocycles. The molecule has 1 fully saturated rings. The van der Waals surface area contributed by atoms with Crippen LogP contribution in [0.25, 0.3) is 11.3 Å². The second-order valence-electron chi connectivity index (χ2n) is 6.88. The molecule has 1 atom stereocenters. The molecule has 2 aromatic rings. The minimum absolute atomic E-state index is 0.0479. The number of aromatic nitrogens is 1. The van der Waals surface area contributed by atoms with Gasteiger partial charge in [-0.2, -0.15) is 0 Å². The van der Waals surface area contributed by atoms with Crippen LogP contribution in [0, 0.1) is 0 Å². The van der Waals surface area contributed by atoms with Crippen molar-refractivity contribution in [1.29, 1.82) is 0 Å². The average Bonchev–Trinajstić information content (AvgIpc) is 3.18. The highest BCUT2D eigenvalue weighted by Crippen LogP contribution is 2.35. The summed E-state index contributed by atoms with van der Waals surface area (Å²) in [5.74, 6) is 1.43. The van der Waals surface area contributed by atoms with Gasteiger partial charge in [0.1, 0.15) is 13.2 Å². The van der Waals surface area contributed by atoms with Gasteiger partial charge in [-0.3, -0.25) is 5.32 Å². The lowest BCUT2D eigenvalue weighted by molar-refractivity contribution is 0.171. The zero-order valence-corrected chi connectivity index (χ0v) is 16.3. The Kier molecular flexibility index (Phi) is 4.47. The molecule has 2 N–H and O–H groups in total. The molecule has 1 aromatic carbocycles. The number of hydrogen-bond donors (Lipinski definition) is 2. The van der Waals surface area contributed by atoms with Crippen molar-refractivity contribution in [2.24, 2.45) is 0 Å². The maximum Gasteiger partial charge on any atom is 0.321 e. The van der Waals surface area contributed by atoms with Crippen LogP contribution in [0.2, 0.25) is 0 Å². The van der Waals surface area contributed by atoms with Crippen LogP contribution in [-0.2, 0) is 9.84 Å². The van der Waals surface area contributed by atoms with Gasteiger partial charge in [-0.15, -0.1) is 11.3 Å². The Balaban J connectivity index is 1.43. The molecule has 4 rings (SSSR count). The van der Waals surface area contributed by atoms with Gasteiger partial charge in [0.25, 0.3) is 0 Å². The Hall–Kier alpha value is -2.33. The number of sulfone groups is 1. The predicted molar refractivity (Wildman–Crippen MR) is 102 cm³/mol. The Morgan fingerprint density at radius 2 is 2.04 bits per heavy atom. The summed E-state index contributed by atoms with van der Waals surface area (Å²) in [5.41, 5.74) is 0.818. The number of hydrogen-bond acceptors (Lipinski definition) is 7. The summed E-state index contributed by atoms with van der Waals surface area (Å²) in [6, 6.07) is 5.12. The van der Waals surface area contributed by atoms with E-state index in [9.17, 15) is 13.2 Å². The summed E-state index contributed by atoms with van der Waals surface area (Å²) in [6.07, 6.45) is 0.406. The molecule has 27 heavy (non-hydrogen) atoms. The monoisotopic (exact) mass is 409 g/mol. The van der Waals surface area contributed by atoms with E-state index in [1.165, 1.54) is 11.3 Å². The SMILES string of the molecule is C[C@@]1(NC(=O)Nc2nc(-c3ccc4c(c3)OCCO4)cs2)CCS(=O)(=O)C1. The molecule has 10 heteroatoms. The van der Waals surface area contributed by atoms with Crippen molar-refractivity contribution in [2.45, 2.75) is 18.9 Å². The number of carbonyl (C=O) groups excluding carboxylic acids is 1. The Morgan fingerprint density at radius 3 is 2.78 bits per heavy atom. The van der Waals surface area contributed by atoms with Crippen molar-refractivity contribution in [3.63, 3.8) is 0 Å². The average molecular weight is 409 g/mol.